The fourth-order valence-electron chi connectivity index (χ4n) is 2.99. The third kappa shape index (κ3) is 2.68. The minimum absolute atomic E-state index is 0.324. The summed E-state index contributed by atoms with van der Waals surface area (Å²) < 4.78 is 44.7. The Morgan fingerprint density at radius 3 is 2.35 bits per heavy atom. The van der Waals surface area contributed by atoms with Crippen molar-refractivity contribution in [2.45, 2.75) is 37.3 Å². The van der Waals surface area contributed by atoms with Gasteiger partial charge in [0.25, 0.3) is 0 Å². The maximum atomic E-state index is 13.0. The van der Waals surface area contributed by atoms with E-state index in [0.29, 0.717) is 22.3 Å². The van der Waals surface area contributed by atoms with Gasteiger partial charge < -0.3 is 10.5 Å². The van der Waals surface area contributed by atoms with E-state index >= 15 is 0 Å². The van der Waals surface area contributed by atoms with Crippen LogP contribution in [0.1, 0.15) is 36.8 Å². The molecule has 2 rings (SSSR count). The van der Waals surface area contributed by atoms with Gasteiger partial charge in [-0.3, -0.25) is 0 Å². The van der Waals surface area contributed by atoms with Crippen LogP contribution in [-0.2, 0) is 11.6 Å². The minimum Gasteiger partial charge on any atom is -0.495 e. The lowest BCUT2D eigenvalue weighted by molar-refractivity contribution is -0.137. The van der Waals surface area contributed by atoms with Gasteiger partial charge in [-0.1, -0.05) is 12.8 Å². The van der Waals surface area contributed by atoms with Gasteiger partial charge in [-0.15, -0.1) is 0 Å². The highest BCUT2D eigenvalue weighted by molar-refractivity contribution is 9.10. The molecule has 0 aromatic heterocycles. The molecule has 2 N–H and O–H groups in total. The van der Waals surface area contributed by atoms with Crippen LogP contribution in [0.25, 0.3) is 0 Å². The van der Waals surface area contributed by atoms with E-state index in [1.807, 2.05) is 0 Å². The molecule has 1 aromatic rings. The lowest BCUT2D eigenvalue weighted by Gasteiger charge is -2.30. The number of nitrogens with two attached hydrogens (primary N) is 1. The summed E-state index contributed by atoms with van der Waals surface area (Å²) in [6, 6.07) is 2.25. The van der Waals surface area contributed by atoms with Crippen molar-refractivity contribution in [2.24, 2.45) is 5.73 Å². The molecule has 0 amide bonds. The fraction of sp³-hybridized carbons (Fsp3) is 0.571. The van der Waals surface area contributed by atoms with E-state index in [9.17, 15) is 13.2 Å². The van der Waals surface area contributed by atoms with Crippen LogP contribution in [0.4, 0.5) is 13.2 Å². The smallest absolute Gasteiger partial charge is 0.416 e. The summed E-state index contributed by atoms with van der Waals surface area (Å²) in [5.41, 5.74) is 5.38. The average Bonchev–Trinajstić information content (AvgIpc) is 2.86. The van der Waals surface area contributed by atoms with Crippen molar-refractivity contribution in [3.63, 3.8) is 0 Å². The van der Waals surface area contributed by atoms with Gasteiger partial charge in [-0.25, -0.2) is 0 Å². The Balaban J connectivity index is 2.63. The molecule has 0 saturated heterocycles. The highest BCUT2D eigenvalue weighted by Crippen LogP contribution is 2.48. The minimum atomic E-state index is -4.38. The first-order chi connectivity index (χ1) is 9.34. The zero-order chi connectivity index (χ0) is 15.0. The molecule has 0 aliphatic heterocycles. The van der Waals surface area contributed by atoms with E-state index in [2.05, 4.69) is 15.9 Å². The average molecular weight is 352 g/mol. The molecule has 1 aliphatic rings. The van der Waals surface area contributed by atoms with Gasteiger partial charge in [-0.2, -0.15) is 13.2 Å². The maximum Gasteiger partial charge on any atom is 0.416 e. The van der Waals surface area contributed by atoms with Gasteiger partial charge in [0.05, 0.1) is 17.1 Å². The van der Waals surface area contributed by atoms with Crippen LogP contribution in [0, 0.1) is 0 Å². The molecule has 1 saturated carbocycles. The van der Waals surface area contributed by atoms with Crippen molar-refractivity contribution < 1.29 is 17.9 Å². The van der Waals surface area contributed by atoms with Crippen LogP contribution in [0.5, 0.6) is 5.75 Å². The summed E-state index contributed by atoms with van der Waals surface area (Å²) in [5, 5.41) is 0. The molecule has 0 radical (unpaired) electrons. The number of methoxy groups -OCH3 is 1. The maximum absolute atomic E-state index is 13.0. The highest BCUT2D eigenvalue weighted by Gasteiger charge is 2.40. The predicted octanol–water partition coefficient (Wildman–Crippen LogP) is 4.25. The van der Waals surface area contributed by atoms with Gasteiger partial charge in [0.1, 0.15) is 5.75 Å². The molecular formula is C14H17BrF3NO. The summed E-state index contributed by atoms with van der Waals surface area (Å²) in [6.07, 6.45) is -0.818. The van der Waals surface area contributed by atoms with Crippen molar-refractivity contribution in [3.8, 4) is 5.75 Å². The third-order valence-electron chi connectivity index (χ3n) is 4.10. The van der Waals surface area contributed by atoms with Crippen molar-refractivity contribution in [2.75, 3.05) is 13.7 Å². The Morgan fingerprint density at radius 1 is 1.30 bits per heavy atom. The standard InChI is InChI=1S/C14H17BrF3NO/c1-20-12-10(13(8-19)4-2-3-5-13)6-9(7-11(12)15)14(16,17)18/h6-7H,2-5,8,19H2,1H3. The molecule has 2 nitrogen and oxygen atoms in total. The van der Waals surface area contributed by atoms with E-state index in [1.54, 1.807) is 0 Å². The summed E-state index contributed by atoms with van der Waals surface area (Å²) >= 11 is 3.19. The van der Waals surface area contributed by atoms with Crippen LogP contribution in [0.15, 0.2) is 16.6 Å². The molecule has 0 unspecified atom stereocenters. The van der Waals surface area contributed by atoms with Crippen LogP contribution >= 0.6 is 15.9 Å². The number of ether oxygens (including phenoxy) is 1. The fourth-order valence-corrected chi connectivity index (χ4v) is 3.62. The molecule has 1 fully saturated rings. The monoisotopic (exact) mass is 351 g/mol. The first-order valence-electron chi connectivity index (χ1n) is 6.49. The second-order valence-electron chi connectivity index (χ2n) is 5.23. The van der Waals surface area contributed by atoms with Gasteiger partial charge in [0.15, 0.2) is 0 Å². The van der Waals surface area contributed by atoms with Crippen molar-refractivity contribution in [1.29, 1.82) is 0 Å². The number of hydrogen-bond donors (Lipinski definition) is 1. The number of benzene rings is 1. The van der Waals surface area contributed by atoms with Gasteiger partial charge >= 0.3 is 6.18 Å². The number of alkyl halides is 3. The number of halogens is 4. The van der Waals surface area contributed by atoms with Gasteiger partial charge in [0.2, 0.25) is 0 Å². The molecule has 1 aromatic carbocycles. The van der Waals surface area contributed by atoms with E-state index < -0.39 is 17.2 Å². The normalized spacial score (nSPS) is 18.3. The molecule has 0 heterocycles. The second-order valence-corrected chi connectivity index (χ2v) is 6.08. The Hall–Kier alpha value is -0.750. The van der Waals surface area contributed by atoms with Gasteiger partial charge in [0, 0.05) is 17.5 Å². The quantitative estimate of drug-likeness (QED) is 0.883. The molecule has 20 heavy (non-hydrogen) atoms. The third-order valence-corrected chi connectivity index (χ3v) is 4.69. The molecule has 0 spiro atoms. The second kappa shape index (κ2) is 5.56. The first kappa shape index (κ1) is 15.6. The topological polar surface area (TPSA) is 35.2 Å². The zero-order valence-electron chi connectivity index (χ0n) is 11.2. The number of hydrogen-bond acceptors (Lipinski definition) is 2. The summed E-state index contributed by atoms with van der Waals surface area (Å²) in [4.78, 5) is 0. The SMILES string of the molecule is COc1c(Br)cc(C(F)(F)F)cc1C1(CN)CCCC1. The lowest BCUT2D eigenvalue weighted by atomic mass is 9.78. The Bertz CT molecular complexity index is 496. The largest absolute Gasteiger partial charge is 0.495 e. The zero-order valence-corrected chi connectivity index (χ0v) is 12.8. The highest BCUT2D eigenvalue weighted by atomic mass is 79.9. The predicted molar refractivity (Wildman–Crippen MR) is 74.9 cm³/mol. The van der Waals surface area contributed by atoms with Gasteiger partial charge in [-0.05, 0) is 40.9 Å². The van der Waals surface area contributed by atoms with Crippen LogP contribution in [0.2, 0.25) is 0 Å². The van der Waals surface area contributed by atoms with Crippen LogP contribution < -0.4 is 10.5 Å². The number of rotatable bonds is 3. The van der Waals surface area contributed by atoms with E-state index in [1.165, 1.54) is 13.2 Å². The molecule has 0 bridgehead atoms. The van der Waals surface area contributed by atoms with E-state index in [0.717, 1.165) is 31.7 Å². The Morgan fingerprint density at radius 2 is 1.90 bits per heavy atom. The van der Waals surface area contributed by atoms with E-state index in [-0.39, 0.29) is 0 Å². The van der Waals surface area contributed by atoms with E-state index in [4.69, 9.17) is 10.5 Å². The van der Waals surface area contributed by atoms with Crippen molar-refractivity contribution in [3.05, 3.63) is 27.7 Å². The Labute approximate surface area is 124 Å². The van der Waals surface area contributed by atoms with Crippen LogP contribution in [-0.4, -0.2) is 13.7 Å². The summed E-state index contributed by atoms with van der Waals surface area (Å²) in [6.45, 7) is 0.330. The molecule has 6 heteroatoms. The first-order valence-corrected chi connectivity index (χ1v) is 7.28. The summed E-state index contributed by atoms with van der Waals surface area (Å²) in [7, 11) is 1.47. The molecule has 1 aliphatic carbocycles. The Kier molecular flexibility index (Phi) is 4.35. The molecule has 0 atom stereocenters. The van der Waals surface area contributed by atoms with Crippen molar-refractivity contribution >= 4 is 15.9 Å². The molecular weight excluding hydrogens is 335 g/mol. The van der Waals surface area contributed by atoms with Crippen LogP contribution in [0.3, 0.4) is 0 Å². The lowest BCUT2D eigenvalue weighted by Crippen LogP contribution is -2.33. The summed E-state index contributed by atoms with van der Waals surface area (Å²) in [5.74, 6) is 0.463. The molecule has 112 valence electrons. The van der Waals surface area contributed by atoms with Crippen molar-refractivity contribution in [1.82, 2.24) is 0 Å².